The summed E-state index contributed by atoms with van der Waals surface area (Å²) in [4.78, 5) is 25.2. The van der Waals surface area contributed by atoms with E-state index in [0.29, 0.717) is 0 Å². The Bertz CT molecular complexity index is 325. The molecule has 0 atom stereocenters. The molecule has 0 aliphatic rings. The molecule has 3 N–H and O–H groups in total. The van der Waals surface area contributed by atoms with Crippen LogP contribution in [0.15, 0.2) is 12.5 Å². The van der Waals surface area contributed by atoms with Crippen LogP contribution in [0.25, 0.3) is 0 Å². The van der Waals surface area contributed by atoms with E-state index >= 15 is 0 Å². The summed E-state index contributed by atoms with van der Waals surface area (Å²) < 4.78 is 5.35. The molecule has 0 amide bonds. The molecule has 0 spiro atoms. The number of nitrogens with one attached hydrogen (secondary N) is 1. The monoisotopic (exact) mass is 258 g/mol. The molecule has 0 unspecified atom stereocenters. The van der Waals surface area contributed by atoms with Gasteiger partial charge in [-0.3, -0.25) is 0 Å². The number of carbonyl (C=O) groups is 2. The minimum atomic E-state index is -1.82. The lowest BCUT2D eigenvalue weighted by atomic mass is 10.3. The van der Waals surface area contributed by atoms with Crippen molar-refractivity contribution in [2.75, 3.05) is 13.2 Å². The number of carboxylic acids is 2. The van der Waals surface area contributed by atoms with E-state index in [9.17, 15) is 0 Å². The largest absolute Gasteiger partial charge is 0.473 e. The second-order valence-electron chi connectivity index (χ2n) is 3.40. The molecule has 18 heavy (non-hydrogen) atoms. The van der Waals surface area contributed by atoms with Crippen molar-refractivity contribution in [3.8, 4) is 0 Å². The number of aryl methyl sites for hydroxylation is 1. The minimum Gasteiger partial charge on any atom is -0.473 e. The van der Waals surface area contributed by atoms with Crippen LogP contribution in [0.1, 0.15) is 25.5 Å². The van der Waals surface area contributed by atoms with Crippen molar-refractivity contribution in [3.63, 3.8) is 0 Å². The smallest absolute Gasteiger partial charge is 0.414 e. The van der Waals surface area contributed by atoms with Crippen LogP contribution >= 0.6 is 0 Å². The number of hydrogen-bond acceptors (Lipinski definition) is 4. The number of aromatic amines is 1. The van der Waals surface area contributed by atoms with Gasteiger partial charge in [0.25, 0.3) is 0 Å². The lowest BCUT2D eigenvalue weighted by molar-refractivity contribution is -0.159. The fraction of sp³-hybridized carbons (Fsp3) is 0.545. The van der Waals surface area contributed by atoms with Crippen LogP contribution in [-0.2, 0) is 20.7 Å². The molecule has 0 saturated heterocycles. The van der Waals surface area contributed by atoms with Crippen LogP contribution in [0.5, 0.6) is 0 Å². The number of carboxylic acid groups (broad SMARTS) is 2. The second-order valence-corrected chi connectivity index (χ2v) is 3.40. The zero-order chi connectivity index (χ0) is 13.8. The van der Waals surface area contributed by atoms with Crippen molar-refractivity contribution >= 4 is 11.9 Å². The van der Waals surface area contributed by atoms with Gasteiger partial charge in [-0.25, -0.2) is 14.6 Å². The lowest BCUT2D eigenvalue weighted by Crippen LogP contribution is -2.09. The van der Waals surface area contributed by atoms with Crippen LogP contribution in [0.3, 0.4) is 0 Å². The van der Waals surface area contributed by atoms with Gasteiger partial charge in [-0.1, -0.05) is 6.92 Å². The molecule has 102 valence electrons. The summed E-state index contributed by atoms with van der Waals surface area (Å²) in [6.45, 7) is 3.85. The molecule has 0 fully saturated rings. The summed E-state index contributed by atoms with van der Waals surface area (Å²) in [5.41, 5.74) is 1.19. The van der Waals surface area contributed by atoms with Crippen molar-refractivity contribution in [1.29, 1.82) is 0 Å². The number of hydrogen-bond donors (Lipinski definition) is 3. The molecular weight excluding hydrogens is 240 g/mol. The summed E-state index contributed by atoms with van der Waals surface area (Å²) in [6.07, 6.45) is 6.78. The van der Waals surface area contributed by atoms with Gasteiger partial charge in [-0.2, -0.15) is 0 Å². The lowest BCUT2D eigenvalue weighted by Gasteiger charge is -2.00. The Balaban J connectivity index is 0.000000411. The molecule has 0 aromatic carbocycles. The predicted molar refractivity (Wildman–Crippen MR) is 63.3 cm³/mol. The maximum atomic E-state index is 9.10. The molecule has 1 aromatic rings. The maximum Gasteiger partial charge on any atom is 0.414 e. The highest BCUT2D eigenvalue weighted by molar-refractivity contribution is 6.27. The molecule has 7 nitrogen and oxygen atoms in total. The van der Waals surface area contributed by atoms with Crippen LogP contribution in [-0.4, -0.2) is 45.3 Å². The predicted octanol–water partition coefficient (Wildman–Crippen LogP) is 0.924. The summed E-state index contributed by atoms with van der Waals surface area (Å²) >= 11 is 0. The van der Waals surface area contributed by atoms with E-state index in [4.69, 9.17) is 24.5 Å². The minimum absolute atomic E-state index is 0.854. The van der Waals surface area contributed by atoms with Crippen molar-refractivity contribution < 1.29 is 24.5 Å². The summed E-state index contributed by atoms with van der Waals surface area (Å²) in [7, 11) is 0. The van der Waals surface area contributed by atoms with Gasteiger partial charge in [-0.05, 0) is 19.3 Å². The number of ether oxygens (including phenoxy) is 1. The number of H-pyrrole nitrogens is 1. The van der Waals surface area contributed by atoms with Crippen molar-refractivity contribution in [2.45, 2.75) is 26.2 Å². The number of aliphatic carboxylic acids is 2. The number of nitrogens with zero attached hydrogens (tertiary/aromatic N) is 1. The van der Waals surface area contributed by atoms with Crippen LogP contribution in [0, 0.1) is 0 Å². The molecule has 0 aliphatic heterocycles. The standard InChI is InChI=1S/C9H16N2O.C2H2O4/c1-2-5-12-6-3-4-9-7-10-8-11-9;3-1(4)2(5)6/h7-8H,2-6H2,1H3,(H,10,11);(H,3,4)(H,5,6). The van der Waals surface area contributed by atoms with Crippen LogP contribution in [0.4, 0.5) is 0 Å². The Morgan fingerprint density at radius 1 is 1.33 bits per heavy atom. The van der Waals surface area contributed by atoms with E-state index in [-0.39, 0.29) is 0 Å². The Morgan fingerprint density at radius 3 is 2.44 bits per heavy atom. The third kappa shape index (κ3) is 9.34. The molecule has 0 saturated carbocycles. The number of aromatic nitrogens is 2. The molecule has 1 heterocycles. The van der Waals surface area contributed by atoms with Gasteiger partial charge in [0.15, 0.2) is 0 Å². The van der Waals surface area contributed by atoms with E-state index in [1.807, 2.05) is 6.20 Å². The fourth-order valence-electron chi connectivity index (χ4n) is 1.03. The average molecular weight is 258 g/mol. The molecule has 1 aromatic heterocycles. The van der Waals surface area contributed by atoms with Crippen LogP contribution in [0.2, 0.25) is 0 Å². The molecular formula is C11H18N2O5. The summed E-state index contributed by atoms with van der Waals surface area (Å²) in [5, 5.41) is 14.8. The highest BCUT2D eigenvalue weighted by Gasteiger charge is 2.04. The van der Waals surface area contributed by atoms with Gasteiger partial charge in [0.1, 0.15) is 0 Å². The van der Waals surface area contributed by atoms with E-state index in [2.05, 4.69) is 16.9 Å². The molecule has 0 aliphatic carbocycles. The fourth-order valence-corrected chi connectivity index (χ4v) is 1.03. The number of rotatable bonds is 6. The van der Waals surface area contributed by atoms with E-state index < -0.39 is 11.9 Å². The first-order valence-electron chi connectivity index (χ1n) is 5.59. The third-order valence-corrected chi connectivity index (χ3v) is 1.82. The highest BCUT2D eigenvalue weighted by Crippen LogP contribution is 1.96. The first-order chi connectivity index (χ1) is 8.57. The Kier molecular flexibility index (Phi) is 9.20. The van der Waals surface area contributed by atoms with Gasteiger partial charge in [0, 0.05) is 25.1 Å². The van der Waals surface area contributed by atoms with Crippen LogP contribution < -0.4 is 0 Å². The second kappa shape index (κ2) is 10.3. The van der Waals surface area contributed by atoms with Gasteiger partial charge in [0.2, 0.25) is 0 Å². The molecule has 0 radical (unpaired) electrons. The van der Waals surface area contributed by atoms with Gasteiger partial charge < -0.3 is 19.9 Å². The average Bonchev–Trinajstić information content (AvgIpc) is 2.82. The third-order valence-electron chi connectivity index (χ3n) is 1.82. The zero-order valence-corrected chi connectivity index (χ0v) is 10.3. The van der Waals surface area contributed by atoms with Crippen molar-refractivity contribution in [1.82, 2.24) is 9.97 Å². The van der Waals surface area contributed by atoms with Crippen molar-refractivity contribution in [2.24, 2.45) is 0 Å². The highest BCUT2D eigenvalue weighted by atomic mass is 16.5. The number of imidazole rings is 1. The zero-order valence-electron chi connectivity index (χ0n) is 10.3. The SMILES string of the molecule is CCCOCCCc1cnc[nH]1.O=C(O)C(=O)O. The maximum absolute atomic E-state index is 9.10. The molecule has 7 heteroatoms. The first-order valence-corrected chi connectivity index (χ1v) is 5.59. The molecule has 0 bridgehead atoms. The van der Waals surface area contributed by atoms with Gasteiger partial charge in [0.05, 0.1) is 6.33 Å². The van der Waals surface area contributed by atoms with E-state index in [0.717, 1.165) is 32.5 Å². The molecule has 1 rings (SSSR count). The Labute approximate surface area is 105 Å². The van der Waals surface area contributed by atoms with Crippen molar-refractivity contribution in [3.05, 3.63) is 18.2 Å². The Hall–Kier alpha value is -1.89. The Morgan fingerprint density at radius 2 is 2.00 bits per heavy atom. The van der Waals surface area contributed by atoms with Gasteiger partial charge >= 0.3 is 11.9 Å². The normalized spacial score (nSPS) is 9.39. The van der Waals surface area contributed by atoms with E-state index in [1.165, 1.54) is 5.69 Å². The quantitative estimate of drug-likeness (QED) is 0.516. The topological polar surface area (TPSA) is 113 Å². The summed E-state index contributed by atoms with van der Waals surface area (Å²) in [5.74, 6) is -3.65. The van der Waals surface area contributed by atoms with E-state index in [1.54, 1.807) is 6.33 Å². The first kappa shape index (κ1) is 16.1. The van der Waals surface area contributed by atoms with Gasteiger partial charge in [-0.15, -0.1) is 0 Å². The summed E-state index contributed by atoms with van der Waals surface area (Å²) in [6, 6.07) is 0.